The number of benzene rings is 3. The van der Waals surface area contributed by atoms with Gasteiger partial charge < -0.3 is 10.1 Å². The molecule has 1 saturated carbocycles. The smallest absolute Gasteiger partial charge is 0.295 e. The standard InChI is InChI=1S/C25H19ClN2O4/c26-20-7-3-17(4-8-20)23(30)27-21-9-5-16(6-10-21)18-1-2-19-14-28(24(31)22(19)13-18)25(11-12-25)32-15-29/h1-10,13,15H,11-12,14H2,(H,27,30). The van der Waals surface area contributed by atoms with Gasteiger partial charge in [0.2, 0.25) is 0 Å². The van der Waals surface area contributed by atoms with E-state index >= 15 is 0 Å². The van der Waals surface area contributed by atoms with Crippen molar-refractivity contribution in [2.45, 2.75) is 25.1 Å². The van der Waals surface area contributed by atoms with Gasteiger partial charge in [-0.05, 0) is 59.2 Å². The van der Waals surface area contributed by atoms with Gasteiger partial charge in [-0.2, -0.15) is 0 Å². The second-order valence-electron chi connectivity index (χ2n) is 7.96. The minimum atomic E-state index is -0.776. The highest BCUT2D eigenvalue weighted by atomic mass is 35.5. The molecule has 6 nitrogen and oxygen atoms in total. The van der Waals surface area contributed by atoms with Crippen LogP contribution in [0.25, 0.3) is 11.1 Å². The number of hydrogen-bond donors (Lipinski definition) is 1. The van der Waals surface area contributed by atoms with Crippen LogP contribution in [0.2, 0.25) is 5.02 Å². The van der Waals surface area contributed by atoms with Crippen LogP contribution < -0.4 is 5.32 Å². The first-order chi connectivity index (χ1) is 15.5. The first-order valence-electron chi connectivity index (χ1n) is 10.2. The van der Waals surface area contributed by atoms with E-state index in [4.69, 9.17) is 16.3 Å². The summed E-state index contributed by atoms with van der Waals surface area (Å²) in [5, 5.41) is 3.44. The van der Waals surface area contributed by atoms with Gasteiger partial charge >= 0.3 is 0 Å². The molecule has 1 aliphatic carbocycles. The molecule has 2 amide bonds. The Bertz CT molecular complexity index is 1220. The summed E-state index contributed by atoms with van der Waals surface area (Å²) in [5.41, 5.74) is 3.78. The molecule has 0 aromatic heterocycles. The minimum Gasteiger partial charge on any atom is -0.441 e. The number of nitrogens with zero attached hydrogens (tertiary/aromatic N) is 1. The zero-order valence-corrected chi connectivity index (χ0v) is 17.8. The molecule has 32 heavy (non-hydrogen) atoms. The Balaban J connectivity index is 1.32. The van der Waals surface area contributed by atoms with Crippen molar-refractivity contribution >= 4 is 35.6 Å². The first-order valence-corrected chi connectivity index (χ1v) is 10.6. The van der Waals surface area contributed by atoms with Crippen LogP contribution >= 0.6 is 11.6 Å². The summed E-state index contributed by atoms with van der Waals surface area (Å²) < 4.78 is 5.21. The quantitative estimate of drug-likeness (QED) is 0.547. The molecule has 3 aromatic rings. The third-order valence-electron chi connectivity index (χ3n) is 5.93. The Morgan fingerprint density at radius 3 is 2.34 bits per heavy atom. The second-order valence-corrected chi connectivity index (χ2v) is 8.40. The molecule has 7 heteroatoms. The topological polar surface area (TPSA) is 75.7 Å². The lowest BCUT2D eigenvalue weighted by atomic mass is 10.00. The van der Waals surface area contributed by atoms with Gasteiger partial charge in [0.15, 0.2) is 5.72 Å². The van der Waals surface area contributed by atoms with E-state index in [0.29, 0.717) is 47.7 Å². The van der Waals surface area contributed by atoms with Crippen LogP contribution in [0.3, 0.4) is 0 Å². The van der Waals surface area contributed by atoms with E-state index in [1.165, 1.54) is 0 Å². The summed E-state index contributed by atoms with van der Waals surface area (Å²) in [4.78, 5) is 37.8. The maximum atomic E-state index is 12.9. The number of halogens is 1. The number of rotatable bonds is 6. The zero-order chi connectivity index (χ0) is 22.3. The minimum absolute atomic E-state index is 0.118. The predicted molar refractivity (Wildman–Crippen MR) is 120 cm³/mol. The molecule has 0 saturated heterocycles. The fourth-order valence-corrected chi connectivity index (χ4v) is 4.13. The number of amides is 2. The highest BCUT2D eigenvalue weighted by Gasteiger charge is 2.55. The number of fused-ring (bicyclic) bond motifs is 1. The number of nitrogens with one attached hydrogen (secondary N) is 1. The van der Waals surface area contributed by atoms with E-state index in [2.05, 4.69) is 5.32 Å². The van der Waals surface area contributed by atoms with Crippen molar-refractivity contribution in [3.05, 3.63) is 88.4 Å². The van der Waals surface area contributed by atoms with Gasteiger partial charge in [-0.3, -0.25) is 19.3 Å². The first kappa shape index (κ1) is 20.3. The van der Waals surface area contributed by atoms with Crippen molar-refractivity contribution in [3.63, 3.8) is 0 Å². The normalized spacial score (nSPS) is 15.8. The summed E-state index contributed by atoms with van der Waals surface area (Å²) in [6.07, 6.45) is 1.34. The summed E-state index contributed by atoms with van der Waals surface area (Å²) in [7, 11) is 0. The molecule has 2 aliphatic rings. The van der Waals surface area contributed by atoms with Crippen LogP contribution in [-0.2, 0) is 16.1 Å². The number of hydrogen-bond acceptors (Lipinski definition) is 4. The Kier molecular flexibility index (Phi) is 4.94. The highest BCUT2D eigenvalue weighted by Crippen LogP contribution is 2.46. The highest BCUT2D eigenvalue weighted by molar-refractivity contribution is 6.30. The van der Waals surface area contributed by atoms with E-state index in [1.807, 2.05) is 42.5 Å². The summed E-state index contributed by atoms with van der Waals surface area (Å²) >= 11 is 5.87. The zero-order valence-electron chi connectivity index (χ0n) is 17.0. The monoisotopic (exact) mass is 446 g/mol. The van der Waals surface area contributed by atoms with Crippen molar-refractivity contribution in [1.82, 2.24) is 4.90 Å². The van der Waals surface area contributed by atoms with E-state index in [9.17, 15) is 14.4 Å². The Hall–Kier alpha value is -3.64. The summed E-state index contributed by atoms with van der Waals surface area (Å²) in [5.74, 6) is -0.336. The van der Waals surface area contributed by atoms with Crippen molar-refractivity contribution in [2.75, 3.05) is 5.32 Å². The molecule has 1 aliphatic heterocycles. The SMILES string of the molecule is O=COC1(N2Cc3ccc(-c4ccc(NC(=O)c5ccc(Cl)cc5)cc4)cc3C2=O)CC1. The van der Waals surface area contributed by atoms with Gasteiger partial charge in [0.05, 0.1) is 6.54 Å². The number of carbonyl (C=O) groups excluding carboxylic acids is 3. The van der Waals surface area contributed by atoms with Gasteiger partial charge in [-0.15, -0.1) is 0 Å². The fraction of sp³-hybridized carbons (Fsp3) is 0.160. The average molecular weight is 447 g/mol. The molecule has 5 rings (SSSR count). The molecular weight excluding hydrogens is 428 g/mol. The van der Waals surface area contributed by atoms with Gasteiger partial charge in [0.25, 0.3) is 18.3 Å². The molecular formula is C25H19ClN2O4. The van der Waals surface area contributed by atoms with E-state index in [-0.39, 0.29) is 11.8 Å². The second kappa shape index (κ2) is 7.80. The third kappa shape index (κ3) is 3.63. The van der Waals surface area contributed by atoms with E-state index < -0.39 is 5.72 Å². The molecule has 3 aromatic carbocycles. The van der Waals surface area contributed by atoms with Crippen LogP contribution in [0.1, 0.15) is 39.1 Å². The lowest BCUT2D eigenvalue weighted by Crippen LogP contribution is -2.39. The predicted octanol–water partition coefficient (Wildman–Crippen LogP) is 4.88. The molecule has 0 unspecified atom stereocenters. The molecule has 160 valence electrons. The van der Waals surface area contributed by atoms with Crippen LogP contribution in [-0.4, -0.2) is 28.9 Å². The number of anilines is 1. The van der Waals surface area contributed by atoms with Gasteiger partial charge in [0.1, 0.15) is 0 Å². The molecule has 0 spiro atoms. The Morgan fingerprint density at radius 1 is 1.00 bits per heavy atom. The molecule has 1 N–H and O–H groups in total. The van der Waals surface area contributed by atoms with E-state index in [0.717, 1.165) is 16.7 Å². The van der Waals surface area contributed by atoms with Gasteiger partial charge in [-0.1, -0.05) is 35.9 Å². The van der Waals surface area contributed by atoms with Crippen molar-refractivity contribution in [3.8, 4) is 11.1 Å². The van der Waals surface area contributed by atoms with Crippen molar-refractivity contribution in [1.29, 1.82) is 0 Å². The molecule has 1 heterocycles. The summed E-state index contributed by atoms with van der Waals surface area (Å²) in [6.45, 7) is 0.861. The molecule has 0 radical (unpaired) electrons. The van der Waals surface area contributed by atoms with Crippen LogP contribution in [0.4, 0.5) is 5.69 Å². The van der Waals surface area contributed by atoms with Crippen LogP contribution in [0.5, 0.6) is 0 Å². The molecule has 0 atom stereocenters. The third-order valence-corrected chi connectivity index (χ3v) is 6.19. The van der Waals surface area contributed by atoms with Crippen LogP contribution in [0.15, 0.2) is 66.7 Å². The largest absolute Gasteiger partial charge is 0.441 e. The van der Waals surface area contributed by atoms with Gasteiger partial charge in [0, 0.05) is 34.7 Å². The molecule has 0 bridgehead atoms. The molecule has 1 fully saturated rings. The van der Waals surface area contributed by atoms with Crippen molar-refractivity contribution < 1.29 is 19.1 Å². The van der Waals surface area contributed by atoms with Crippen LogP contribution in [0, 0.1) is 0 Å². The average Bonchev–Trinajstić information content (AvgIpc) is 3.51. The maximum Gasteiger partial charge on any atom is 0.295 e. The number of ether oxygens (including phenoxy) is 1. The fourth-order valence-electron chi connectivity index (χ4n) is 4.01. The Morgan fingerprint density at radius 2 is 1.69 bits per heavy atom. The lowest BCUT2D eigenvalue weighted by molar-refractivity contribution is -0.144. The van der Waals surface area contributed by atoms with E-state index in [1.54, 1.807) is 29.2 Å². The Labute approximate surface area is 189 Å². The van der Waals surface area contributed by atoms with Crippen molar-refractivity contribution in [2.24, 2.45) is 0 Å². The number of carbonyl (C=O) groups is 3. The summed E-state index contributed by atoms with van der Waals surface area (Å²) in [6, 6.07) is 19.9. The van der Waals surface area contributed by atoms with Gasteiger partial charge in [-0.25, -0.2) is 0 Å². The lowest BCUT2D eigenvalue weighted by Gasteiger charge is -2.25. The maximum absolute atomic E-state index is 12.9.